The van der Waals surface area contributed by atoms with Crippen molar-refractivity contribution in [2.45, 2.75) is 19.4 Å². The summed E-state index contributed by atoms with van der Waals surface area (Å²) in [7, 11) is 0. The van der Waals surface area contributed by atoms with Crippen LogP contribution in [0, 0.1) is 0 Å². The van der Waals surface area contributed by atoms with Crippen molar-refractivity contribution in [3.05, 3.63) is 52.5 Å². The molecule has 0 aliphatic rings. The van der Waals surface area contributed by atoms with Crippen LogP contribution in [-0.4, -0.2) is 11.5 Å². The molecule has 0 aliphatic heterocycles. The summed E-state index contributed by atoms with van der Waals surface area (Å²) in [6.45, 7) is 3.05. The number of likely N-dealkylation sites (N-methyl/N-ethyl adjacent to an activating group) is 1. The molecule has 1 aromatic carbocycles. The van der Waals surface area contributed by atoms with E-state index in [-0.39, 0.29) is 6.04 Å². The zero-order valence-electron chi connectivity index (χ0n) is 10.8. The Labute approximate surface area is 116 Å². The fraction of sp³-hybridized carbons (Fsp3) is 0.267. The van der Waals surface area contributed by atoms with E-state index in [0.29, 0.717) is 0 Å². The summed E-state index contributed by atoms with van der Waals surface area (Å²) in [5.41, 5.74) is 3.09. The summed E-state index contributed by atoms with van der Waals surface area (Å²) in [6.07, 6.45) is 0.777. The molecule has 3 nitrogen and oxygen atoms in total. The number of nitrogens with one attached hydrogen (secondary N) is 1. The Kier molecular flexibility index (Phi) is 3.62. The quantitative estimate of drug-likeness (QED) is 0.768. The summed E-state index contributed by atoms with van der Waals surface area (Å²) in [5.74, 6) is 0.790. The summed E-state index contributed by atoms with van der Waals surface area (Å²) in [6, 6.07) is 10.3. The third kappa shape index (κ3) is 2.69. The Morgan fingerprint density at radius 1 is 1.32 bits per heavy atom. The Hall–Kier alpha value is -1.65. The first kappa shape index (κ1) is 12.4. The normalized spacial score (nSPS) is 12.9. The van der Waals surface area contributed by atoms with E-state index >= 15 is 0 Å². The molecule has 3 rings (SSSR count). The molecule has 19 heavy (non-hydrogen) atoms. The molecule has 0 fully saturated rings. The van der Waals surface area contributed by atoms with Gasteiger partial charge in [0.05, 0.1) is 0 Å². The van der Waals surface area contributed by atoms with E-state index in [9.17, 15) is 0 Å². The van der Waals surface area contributed by atoms with E-state index in [1.54, 1.807) is 11.3 Å². The molecule has 0 saturated carbocycles. The van der Waals surface area contributed by atoms with Crippen LogP contribution in [0.5, 0.6) is 0 Å². The number of oxazole rings is 1. The number of aromatic nitrogens is 1. The van der Waals surface area contributed by atoms with Gasteiger partial charge in [-0.05, 0) is 41.1 Å². The molecule has 2 heterocycles. The van der Waals surface area contributed by atoms with Gasteiger partial charge in [-0.2, -0.15) is 11.3 Å². The Bertz CT molecular complexity index is 612. The van der Waals surface area contributed by atoms with Crippen LogP contribution in [0.15, 0.2) is 45.5 Å². The van der Waals surface area contributed by atoms with E-state index < -0.39 is 0 Å². The van der Waals surface area contributed by atoms with Crippen molar-refractivity contribution in [2.75, 3.05) is 6.54 Å². The van der Waals surface area contributed by atoms with E-state index in [2.05, 4.69) is 34.1 Å². The standard InChI is InChI=1S/C15H16N2OS/c1-2-16-13(11-7-8-19-10-11)9-15-17-12-5-3-4-6-14(12)18-15/h3-8,10,13,16H,2,9H2,1H3. The lowest BCUT2D eigenvalue weighted by Gasteiger charge is -2.14. The first-order chi connectivity index (χ1) is 9.36. The smallest absolute Gasteiger partial charge is 0.197 e. The minimum Gasteiger partial charge on any atom is -0.441 e. The molecule has 0 bridgehead atoms. The molecule has 0 spiro atoms. The monoisotopic (exact) mass is 272 g/mol. The first-order valence-corrected chi connectivity index (χ1v) is 7.41. The van der Waals surface area contributed by atoms with Crippen LogP contribution in [0.1, 0.15) is 24.4 Å². The number of fused-ring (bicyclic) bond motifs is 1. The first-order valence-electron chi connectivity index (χ1n) is 6.46. The van der Waals surface area contributed by atoms with E-state index in [0.717, 1.165) is 30.0 Å². The average molecular weight is 272 g/mol. The van der Waals surface area contributed by atoms with Gasteiger partial charge in [-0.3, -0.25) is 0 Å². The number of thiophene rings is 1. The van der Waals surface area contributed by atoms with Gasteiger partial charge in [-0.25, -0.2) is 4.98 Å². The fourth-order valence-electron chi connectivity index (χ4n) is 2.21. The molecule has 0 radical (unpaired) electrons. The molecule has 0 aliphatic carbocycles. The van der Waals surface area contributed by atoms with Crippen molar-refractivity contribution in [1.82, 2.24) is 10.3 Å². The highest BCUT2D eigenvalue weighted by molar-refractivity contribution is 7.07. The largest absolute Gasteiger partial charge is 0.441 e. The zero-order chi connectivity index (χ0) is 13.1. The van der Waals surface area contributed by atoms with Crippen LogP contribution in [0.25, 0.3) is 11.1 Å². The van der Waals surface area contributed by atoms with Crippen molar-refractivity contribution in [1.29, 1.82) is 0 Å². The minimum absolute atomic E-state index is 0.268. The maximum Gasteiger partial charge on any atom is 0.197 e. The SMILES string of the molecule is CCNC(Cc1nc2ccccc2o1)c1ccsc1. The molecule has 3 aromatic rings. The number of rotatable bonds is 5. The minimum atomic E-state index is 0.268. The third-order valence-electron chi connectivity index (χ3n) is 3.11. The van der Waals surface area contributed by atoms with Crippen molar-refractivity contribution in [3.63, 3.8) is 0 Å². The van der Waals surface area contributed by atoms with Crippen molar-refractivity contribution in [3.8, 4) is 0 Å². The topological polar surface area (TPSA) is 38.1 Å². The van der Waals surface area contributed by atoms with Gasteiger partial charge >= 0.3 is 0 Å². The average Bonchev–Trinajstić information content (AvgIpc) is 3.07. The van der Waals surface area contributed by atoms with E-state index in [1.165, 1.54) is 5.56 Å². The van der Waals surface area contributed by atoms with Crippen LogP contribution >= 0.6 is 11.3 Å². The highest BCUT2D eigenvalue weighted by Gasteiger charge is 2.15. The fourth-order valence-corrected chi connectivity index (χ4v) is 2.92. The van der Waals surface area contributed by atoms with Gasteiger partial charge in [-0.1, -0.05) is 19.1 Å². The van der Waals surface area contributed by atoms with Gasteiger partial charge in [0.25, 0.3) is 0 Å². The van der Waals surface area contributed by atoms with E-state index in [1.807, 2.05) is 24.3 Å². The molecule has 1 atom stereocenters. The number of nitrogens with zero attached hydrogens (tertiary/aromatic N) is 1. The molecular weight excluding hydrogens is 256 g/mol. The maximum atomic E-state index is 5.80. The summed E-state index contributed by atoms with van der Waals surface area (Å²) >= 11 is 1.72. The van der Waals surface area contributed by atoms with Crippen LogP contribution in [0.3, 0.4) is 0 Å². The van der Waals surface area contributed by atoms with Gasteiger partial charge in [-0.15, -0.1) is 0 Å². The number of hydrogen-bond acceptors (Lipinski definition) is 4. The van der Waals surface area contributed by atoms with Gasteiger partial charge in [0.15, 0.2) is 11.5 Å². The maximum absolute atomic E-state index is 5.80. The number of benzene rings is 1. The zero-order valence-corrected chi connectivity index (χ0v) is 11.6. The van der Waals surface area contributed by atoms with Crippen molar-refractivity contribution < 1.29 is 4.42 Å². The van der Waals surface area contributed by atoms with Gasteiger partial charge in [0.2, 0.25) is 0 Å². The van der Waals surface area contributed by atoms with Crippen LogP contribution < -0.4 is 5.32 Å². The lowest BCUT2D eigenvalue weighted by Crippen LogP contribution is -2.22. The molecular formula is C15H16N2OS. The van der Waals surface area contributed by atoms with Gasteiger partial charge in [0, 0.05) is 12.5 Å². The third-order valence-corrected chi connectivity index (χ3v) is 3.81. The molecule has 1 N–H and O–H groups in total. The molecule has 1 unspecified atom stereocenters. The van der Waals surface area contributed by atoms with Crippen LogP contribution in [0.4, 0.5) is 0 Å². The summed E-state index contributed by atoms with van der Waals surface area (Å²) in [5, 5.41) is 7.76. The summed E-state index contributed by atoms with van der Waals surface area (Å²) in [4.78, 5) is 4.54. The highest BCUT2D eigenvalue weighted by Crippen LogP contribution is 2.23. The van der Waals surface area contributed by atoms with Gasteiger partial charge in [0.1, 0.15) is 5.52 Å². The Morgan fingerprint density at radius 2 is 2.21 bits per heavy atom. The second-order valence-corrected chi connectivity index (χ2v) is 5.23. The highest BCUT2D eigenvalue weighted by atomic mass is 32.1. The molecule has 4 heteroatoms. The molecule has 98 valence electrons. The second kappa shape index (κ2) is 5.55. The molecule has 0 saturated heterocycles. The van der Waals surface area contributed by atoms with Crippen LogP contribution in [-0.2, 0) is 6.42 Å². The van der Waals surface area contributed by atoms with Crippen LogP contribution in [0.2, 0.25) is 0 Å². The Morgan fingerprint density at radius 3 is 2.95 bits per heavy atom. The summed E-state index contributed by atoms with van der Waals surface area (Å²) < 4.78 is 5.80. The number of para-hydroxylation sites is 2. The predicted molar refractivity (Wildman–Crippen MR) is 78.4 cm³/mol. The van der Waals surface area contributed by atoms with Crippen molar-refractivity contribution in [2.24, 2.45) is 0 Å². The Balaban J connectivity index is 1.85. The van der Waals surface area contributed by atoms with E-state index in [4.69, 9.17) is 4.42 Å². The van der Waals surface area contributed by atoms with Crippen molar-refractivity contribution >= 4 is 22.4 Å². The lowest BCUT2D eigenvalue weighted by atomic mass is 10.1. The number of hydrogen-bond donors (Lipinski definition) is 1. The second-order valence-electron chi connectivity index (χ2n) is 4.45. The molecule has 0 amide bonds. The van der Waals surface area contributed by atoms with Gasteiger partial charge < -0.3 is 9.73 Å². The lowest BCUT2D eigenvalue weighted by molar-refractivity contribution is 0.461. The molecule has 2 aromatic heterocycles. The predicted octanol–water partition coefficient (Wildman–Crippen LogP) is 3.78.